The van der Waals surface area contributed by atoms with E-state index in [0.717, 1.165) is 18.5 Å². The highest BCUT2D eigenvalue weighted by atomic mass is 16.5. The van der Waals surface area contributed by atoms with E-state index in [2.05, 4.69) is 10.6 Å². The van der Waals surface area contributed by atoms with E-state index in [4.69, 9.17) is 4.74 Å². The first kappa shape index (κ1) is 16.7. The molecular weight excluding hydrogens is 308 g/mol. The van der Waals surface area contributed by atoms with Gasteiger partial charge in [-0.1, -0.05) is 30.4 Å². The Hall–Kier alpha value is -2.18. The van der Waals surface area contributed by atoms with Gasteiger partial charge in [0.25, 0.3) is 0 Å². The van der Waals surface area contributed by atoms with Crippen LogP contribution in [-0.2, 0) is 14.3 Å². The van der Waals surface area contributed by atoms with Crippen molar-refractivity contribution >= 4 is 17.5 Å². The van der Waals surface area contributed by atoms with Crippen LogP contribution in [0.3, 0.4) is 0 Å². The first-order valence-electron chi connectivity index (χ1n) is 8.25. The van der Waals surface area contributed by atoms with Crippen LogP contribution in [0.2, 0.25) is 0 Å². The minimum atomic E-state index is -0.535. The van der Waals surface area contributed by atoms with Crippen LogP contribution in [0.15, 0.2) is 42.5 Å². The van der Waals surface area contributed by atoms with Crippen LogP contribution < -0.4 is 10.6 Å². The fourth-order valence-corrected chi connectivity index (χ4v) is 2.68. The number of aliphatic hydroxyl groups is 1. The lowest BCUT2D eigenvalue weighted by Crippen LogP contribution is -2.49. The lowest BCUT2D eigenvalue weighted by Gasteiger charge is -2.31. The smallest absolute Gasteiger partial charge is 0.227 e. The fourth-order valence-electron chi connectivity index (χ4n) is 2.68. The molecule has 1 aromatic carbocycles. The normalized spacial score (nSPS) is 26.0. The lowest BCUT2D eigenvalue weighted by molar-refractivity contribution is -0.126. The Bertz CT molecular complexity index is 613. The zero-order valence-electron chi connectivity index (χ0n) is 13.4. The van der Waals surface area contributed by atoms with E-state index in [1.165, 1.54) is 0 Å². The second-order valence-electron chi connectivity index (χ2n) is 6.21. The van der Waals surface area contributed by atoms with Crippen molar-refractivity contribution in [3.05, 3.63) is 42.5 Å². The average molecular weight is 330 g/mol. The van der Waals surface area contributed by atoms with Gasteiger partial charge in [0.1, 0.15) is 6.10 Å². The van der Waals surface area contributed by atoms with Crippen molar-refractivity contribution in [3.63, 3.8) is 0 Å². The largest absolute Gasteiger partial charge is 0.394 e. The number of hydrogen-bond donors (Lipinski definition) is 3. The molecule has 1 heterocycles. The van der Waals surface area contributed by atoms with Crippen LogP contribution in [0, 0.1) is 5.92 Å². The molecule has 1 saturated carbocycles. The predicted molar refractivity (Wildman–Crippen MR) is 89.2 cm³/mol. The number of para-hydroxylation sites is 1. The summed E-state index contributed by atoms with van der Waals surface area (Å²) < 4.78 is 5.75. The van der Waals surface area contributed by atoms with Gasteiger partial charge in [0.2, 0.25) is 11.8 Å². The molecule has 24 heavy (non-hydrogen) atoms. The Kier molecular flexibility index (Phi) is 5.27. The fraction of sp³-hybridized carbons (Fsp3) is 0.444. The summed E-state index contributed by atoms with van der Waals surface area (Å²) in [7, 11) is 0. The molecule has 0 aromatic heterocycles. The number of anilines is 1. The average Bonchev–Trinajstić information content (AvgIpc) is 3.42. The summed E-state index contributed by atoms with van der Waals surface area (Å²) in [5.74, 6) is -0.0490. The highest BCUT2D eigenvalue weighted by molar-refractivity contribution is 5.91. The molecule has 128 valence electrons. The highest BCUT2D eigenvalue weighted by Gasteiger charge is 2.34. The molecule has 0 unspecified atom stereocenters. The molecule has 0 saturated heterocycles. The van der Waals surface area contributed by atoms with Crippen LogP contribution in [0.4, 0.5) is 5.69 Å². The van der Waals surface area contributed by atoms with Crippen molar-refractivity contribution in [1.82, 2.24) is 5.32 Å². The molecule has 6 nitrogen and oxygen atoms in total. The molecule has 3 N–H and O–H groups in total. The second-order valence-corrected chi connectivity index (χ2v) is 6.21. The SMILES string of the molecule is O=C(C[C@@H]1C=C[C@H](NC(=O)C2CC2)[C@@H](CO)O1)Nc1ccccc1. The maximum absolute atomic E-state index is 12.1. The van der Waals surface area contributed by atoms with Crippen molar-refractivity contribution in [2.24, 2.45) is 5.92 Å². The molecule has 3 rings (SSSR count). The number of carbonyl (C=O) groups is 2. The summed E-state index contributed by atoms with van der Waals surface area (Å²) >= 11 is 0. The van der Waals surface area contributed by atoms with Crippen molar-refractivity contribution in [1.29, 1.82) is 0 Å². The van der Waals surface area contributed by atoms with Crippen LogP contribution in [-0.4, -0.2) is 41.8 Å². The zero-order valence-corrected chi connectivity index (χ0v) is 13.4. The van der Waals surface area contributed by atoms with Crippen LogP contribution in [0.5, 0.6) is 0 Å². The molecule has 1 aromatic rings. The monoisotopic (exact) mass is 330 g/mol. The summed E-state index contributed by atoms with van der Waals surface area (Å²) in [5, 5.41) is 15.2. The molecule has 0 bridgehead atoms. The van der Waals surface area contributed by atoms with E-state index in [9.17, 15) is 14.7 Å². The third-order valence-electron chi connectivity index (χ3n) is 4.16. The zero-order chi connectivity index (χ0) is 16.9. The standard InChI is InChI=1S/C18H22N2O4/c21-11-16-15(20-18(23)12-6-7-12)9-8-14(24-16)10-17(22)19-13-4-2-1-3-5-13/h1-5,8-9,12,14-16,21H,6-7,10-11H2,(H,19,22)(H,20,23)/t14-,15-,16+/m0/s1. The first-order valence-corrected chi connectivity index (χ1v) is 8.25. The van der Waals surface area contributed by atoms with Crippen LogP contribution >= 0.6 is 0 Å². The summed E-state index contributed by atoms with van der Waals surface area (Å²) in [4.78, 5) is 23.9. The molecule has 3 atom stereocenters. The Morgan fingerprint density at radius 1 is 1.17 bits per heavy atom. The third-order valence-corrected chi connectivity index (χ3v) is 4.16. The number of ether oxygens (including phenoxy) is 1. The summed E-state index contributed by atoms with van der Waals surface area (Å²) in [6.07, 6.45) is 4.64. The number of aliphatic hydroxyl groups excluding tert-OH is 1. The maximum Gasteiger partial charge on any atom is 0.227 e. The lowest BCUT2D eigenvalue weighted by atomic mass is 10.0. The number of nitrogens with one attached hydrogen (secondary N) is 2. The van der Waals surface area contributed by atoms with Crippen LogP contribution in [0.25, 0.3) is 0 Å². The van der Waals surface area contributed by atoms with Gasteiger partial charge in [0, 0.05) is 11.6 Å². The molecule has 0 radical (unpaired) electrons. The summed E-state index contributed by atoms with van der Waals surface area (Å²) in [6.45, 7) is -0.212. The summed E-state index contributed by atoms with van der Waals surface area (Å²) in [6, 6.07) is 8.86. The Labute approximate surface area is 140 Å². The first-order chi connectivity index (χ1) is 11.7. The van der Waals surface area contributed by atoms with Crippen LogP contribution in [0.1, 0.15) is 19.3 Å². The van der Waals surface area contributed by atoms with E-state index >= 15 is 0 Å². The maximum atomic E-state index is 12.1. The summed E-state index contributed by atoms with van der Waals surface area (Å²) in [5.41, 5.74) is 0.732. The van der Waals surface area contributed by atoms with Gasteiger partial charge < -0.3 is 20.5 Å². The molecule has 1 aliphatic carbocycles. The molecule has 2 aliphatic rings. The van der Waals surface area contributed by atoms with E-state index in [1.807, 2.05) is 36.4 Å². The molecule has 0 spiro atoms. The highest BCUT2D eigenvalue weighted by Crippen LogP contribution is 2.29. The van der Waals surface area contributed by atoms with E-state index in [1.54, 1.807) is 6.08 Å². The minimum absolute atomic E-state index is 0.00645. The van der Waals surface area contributed by atoms with Gasteiger partial charge in [-0.3, -0.25) is 9.59 Å². The molecule has 1 aliphatic heterocycles. The predicted octanol–water partition coefficient (Wildman–Crippen LogP) is 1.23. The number of carbonyl (C=O) groups excluding carboxylic acids is 2. The third kappa shape index (κ3) is 4.43. The second kappa shape index (κ2) is 7.59. The molecule has 2 amide bonds. The van der Waals surface area contributed by atoms with Crippen molar-refractivity contribution < 1.29 is 19.4 Å². The van der Waals surface area contributed by atoms with Gasteiger partial charge in [0.15, 0.2) is 0 Å². The number of rotatable bonds is 6. The van der Waals surface area contributed by atoms with Crippen molar-refractivity contribution in [3.8, 4) is 0 Å². The van der Waals surface area contributed by atoms with Gasteiger partial charge in [0.05, 0.1) is 25.2 Å². The Morgan fingerprint density at radius 2 is 1.92 bits per heavy atom. The minimum Gasteiger partial charge on any atom is -0.394 e. The van der Waals surface area contributed by atoms with Gasteiger partial charge in [-0.25, -0.2) is 0 Å². The van der Waals surface area contributed by atoms with E-state index in [0.29, 0.717) is 0 Å². The molecule has 6 heteroatoms. The quantitative estimate of drug-likeness (QED) is 0.685. The Balaban J connectivity index is 1.53. The Morgan fingerprint density at radius 3 is 2.58 bits per heavy atom. The van der Waals surface area contributed by atoms with E-state index < -0.39 is 12.2 Å². The number of benzene rings is 1. The van der Waals surface area contributed by atoms with Gasteiger partial charge in [-0.15, -0.1) is 0 Å². The number of amides is 2. The van der Waals surface area contributed by atoms with Crippen molar-refractivity contribution in [2.45, 2.75) is 37.5 Å². The topological polar surface area (TPSA) is 87.7 Å². The van der Waals surface area contributed by atoms with Gasteiger partial charge >= 0.3 is 0 Å². The van der Waals surface area contributed by atoms with Gasteiger partial charge in [-0.2, -0.15) is 0 Å². The van der Waals surface area contributed by atoms with Gasteiger partial charge in [-0.05, 0) is 25.0 Å². The molecular formula is C18H22N2O4. The van der Waals surface area contributed by atoms with E-state index in [-0.39, 0.29) is 36.8 Å². The van der Waals surface area contributed by atoms with Crippen molar-refractivity contribution in [2.75, 3.05) is 11.9 Å². The molecule has 1 fully saturated rings. The number of hydrogen-bond acceptors (Lipinski definition) is 4.